The molecule has 140 valence electrons. The Hall–Kier alpha value is -2.23. The molecule has 0 bridgehead atoms. The van der Waals surface area contributed by atoms with E-state index >= 15 is 0 Å². The van der Waals surface area contributed by atoms with E-state index in [2.05, 4.69) is 17.2 Å². The topological polar surface area (TPSA) is 40.5 Å². The third-order valence-electron chi connectivity index (χ3n) is 5.12. The predicted octanol–water partition coefficient (Wildman–Crippen LogP) is 5.59. The average molecular weight is 355 g/mol. The van der Waals surface area contributed by atoms with Gasteiger partial charge in [-0.15, -0.1) is 0 Å². The largest absolute Gasteiger partial charge is 0.489 e. The van der Waals surface area contributed by atoms with Crippen LogP contribution in [0.2, 0.25) is 0 Å². The first kappa shape index (κ1) is 18.6. The van der Waals surface area contributed by atoms with Gasteiger partial charge in [-0.25, -0.2) is 4.79 Å². The second-order valence-electron chi connectivity index (χ2n) is 7.27. The second kappa shape index (κ2) is 7.98. The van der Waals surface area contributed by atoms with Gasteiger partial charge in [0.25, 0.3) is 0 Å². The quantitative estimate of drug-likeness (QED) is 0.501. The summed E-state index contributed by atoms with van der Waals surface area (Å²) in [5, 5.41) is 0.922. The Morgan fingerprint density at radius 2 is 2.00 bits per heavy atom. The number of hydrogen-bond acceptors (Lipinski definition) is 3. The Morgan fingerprint density at radius 1 is 1.27 bits per heavy atom. The summed E-state index contributed by atoms with van der Waals surface area (Å²) in [6.45, 7) is 10.5. The van der Waals surface area contributed by atoms with Gasteiger partial charge in [-0.05, 0) is 57.4 Å². The molecule has 0 unspecified atom stereocenters. The number of rotatable bonds is 6. The van der Waals surface area contributed by atoms with Crippen LogP contribution in [0.5, 0.6) is 5.75 Å². The Kier molecular flexibility index (Phi) is 5.70. The SMILES string of the molecule is C=C(C)COc1ccc2c(c1)c(C(=O)OCC)c(C)n2C1CCCCC1. The molecule has 0 aliphatic heterocycles. The minimum Gasteiger partial charge on any atom is -0.489 e. The molecule has 4 nitrogen and oxygen atoms in total. The Bertz CT molecular complexity index is 812. The predicted molar refractivity (Wildman–Crippen MR) is 105 cm³/mol. The fraction of sp³-hybridized carbons (Fsp3) is 0.500. The van der Waals surface area contributed by atoms with Gasteiger partial charge in [0.1, 0.15) is 12.4 Å². The maximum absolute atomic E-state index is 12.7. The van der Waals surface area contributed by atoms with E-state index in [-0.39, 0.29) is 5.97 Å². The lowest BCUT2D eigenvalue weighted by Gasteiger charge is -2.26. The van der Waals surface area contributed by atoms with E-state index in [0.717, 1.165) is 27.9 Å². The first-order valence-electron chi connectivity index (χ1n) is 9.61. The number of aromatic nitrogens is 1. The van der Waals surface area contributed by atoms with E-state index in [0.29, 0.717) is 24.8 Å². The number of carbonyl (C=O) groups excluding carboxylic acids is 1. The van der Waals surface area contributed by atoms with Crippen molar-refractivity contribution < 1.29 is 14.3 Å². The van der Waals surface area contributed by atoms with Gasteiger partial charge in [-0.2, -0.15) is 0 Å². The monoisotopic (exact) mass is 355 g/mol. The molecule has 0 spiro atoms. The summed E-state index contributed by atoms with van der Waals surface area (Å²) < 4.78 is 13.5. The van der Waals surface area contributed by atoms with Crippen molar-refractivity contribution in [3.05, 3.63) is 41.6 Å². The smallest absolute Gasteiger partial charge is 0.340 e. The van der Waals surface area contributed by atoms with Crippen LogP contribution in [0.4, 0.5) is 0 Å². The number of benzene rings is 1. The van der Waals surface area contributed by atoms with Crippen LogP contribution < -0.4 is 4.74 Å². The van der Waals surface area contributed by atoms with Crippen molar-refractivity contribution in [1.82, 2.24) is 4.57 Å². The molecule has 1 heterocycles. The van der Waals surface area contributed by atoms with Crippen molar-refractivity contribution in [3.63, 3.8) is 0 Å². The van der Waals surface area contributed by atoms with Gasteiger partial charge in [-0.3, -0.25) is 0 Å². The van der Waals surface area contributed by atoms with Gasteiger partial charge in [0.2, 0.25) is 0 Å². The van der Waals surface area contributed by atoms with Gasteiger partial charge in [0, 0.05) is 22.6 Å². The molecule has 26 heavy (non-hydrogen) atoms. The molecule has 0 amide bonds. The van der Waals surface area contributed by atoms with Crippen molar-refractivity contribution in [2.75, 3.05) is 13.2 Å². The minimum atomic E-state index is -0.249. The zero-order valence-electron chi connectivity index (χ0n) is 16.1. The number of ether oxygens (including phenoxy) is 2. The maximum atomic E-state index is 12.7. The van der Waals surface area contributed by atoms with Crippen LogP contribution in [0.1, 0.15) is 68.0 Å². The Labute approximate surface area is 155 Å². The first-order valence-corrected chi connectivity index (χ1v) is 9.61. The molecule has 3 rings (SSSR count). The summed E-state index contributed by atoms with van der Waals surface area (Å²) in [6, 6.07) is 6.49. The number of esters is 1. The first-order chi connectivity index (χ1) is 12.5. The summed E-state index contributed by atoms with van der Waals surface area (Å²) >= 11 is 0. The zero-order chi connectivity index (χ0) is 18.7. The van der Waals surface area contributed by atoms with E-state index < -0.39 is 0 Å². The Balaban J connectivity index is 2.10. The van der Waals surface area contributed by atoms with Crippen LogP contribution in [-0.4, -0.2) is 23.8 Å². The molecule has 1 aliphatic rings. The number of fused-ring (bicyclic) bond motifs is 1. The van der Waals surface area contributed by atoms with Crippen LogP contribution in [0.15, 0.2) is 30.4 Å². The van der Waals surface area contributed by atoms with Crippen LogP contribution in [0, 0.1) is 6.92 Å². The van der Waals surface area contributed by atoms with E-state index in [4.69, 9.17) is 9.47 Å². The fourth-order valence-corrected chi connectivity index (χ4v) is 3.99. The third kappa shape index (κ3) is 3.64. The molecule has 4 heteroatoms. The lowest BCUT2D eigenvalue weighted by atomic mass is 9.95. The van der Waals surface area contributed by atoms with Crippen molar-refractivity contribution in [2.45, 2.75) is 58.9 Å². The highest BCUT2D eigenvalue weighted by Gasteiger charge is 2.26. The van der Waals surface area contributed by atoms with Gasteiger partial charge < -0.3 is 14.0 Å². The molecule has 1 saturated carbocycles. The highest BCUT2D eigenvalue weighted by Crippen LogP contribution is 2.37. The molecule has 0 N–H and O–H groups in total. The van der Waals surface area contributed by atoms with Crippen molar-refractivity contribution in [2.24, 2.45) is 0 Å². The van der Waals surface area contributed by atoms with Crippen molar-refractivity contribution in [1.29, 1.82) is 0 Å². The van der Waals surface area contributed by atoms with Gasteiger partial charge >= 0.3 is 5.97 Å². The molecule has 2 aromatic rings. The van der Waals surface area contributed by atoms with Crippen LogP contribution in [0.3, 0.4) is 0 Å². The van der Waals surface area contributed by atoms with Gasteiger partial charge in [-0.1, -0.05) is 25.8 Å². The molecule has 0 radical (unpaired) electrons. The zero-order valence-corrected chi connectivity index (χ0v) is 16.1. The molecule has 1 fully saturated rings. The number of hydrogen-bond donors (Lipinski definition) is 0. The van der Waals surface area contributed by atoms with E-state index in [1.165, 1.54) is 32.1 Å². The van der Waals surface area contributed by atoms with Gasteiger partial charge in [0.05, 0.1) is 12.2 Å². The molecular formula is C22H29NO3. The molecule has 1 aromatic carbocycles. The van der Waals surface area contributed by atoms with E-state index in [1.807, 2.05) is 32.9 Å². The number of carbonyl (C=O) groups is 1. The van der Waals surface area contributed by atoms with Gasteiger partial charge in [0.15, 0.2) is 0 Å². The lowest BCUT2D eigenvalue weighted by molar-refractivity contribution is 0.0527. The summed E-state index contributed by atoms with van der Waals surface area (Å²) in [5.74, 6) is 0.508. The van der Waals surface area contributed by atoms with Crippen LogP contribution in [-0.2, 0) is 4.74 Å². The average Bonchev–Trinajstić information content (AvgIpc) is 2.92. The third-order valence-corrected chi connectivity index (χ3v) is 5.12. The lowest BCUT2D eigenvalue weighted by Crippen LogP contribution is -2.15. The number of nitrogens with zero attached hydrogens (tertiary/aromatic N) is 1. The van der Waals surface area contributed by atoms with E-state index in [9.17, 15) is 4.79 Å². The molecule has 1 aromatic heterocycles. The molecule has 0 saturated heterocycles. The molecular weight excluding hydrogens is 326 g/mol. The second-order valence-corrected chi connectivity index (χ2v) is 7.27. The Morgan fingerprint density at radius 3 is 2.65 bits per heavy atom. The summed E-state index contributed by atoms with van der Waals surface area (Å²) in [7, 11) is 0. The maximum Gasteiger partial charge on any atom is 0.340 e. The van der Waals surface area contributed by atoms with Crippen LogP contribution in [0.25, 0.3) is 10.9 Å². The minimum absolute atomic E-state index is 0.249. The highest BCUT2D eigenvalue weighted by atomic mass is 16.5. The van der Waals surface area contributed by atoms with Crippen LogP contribution >= 0.6 is 0 Å². The fourth-order valence-electron chi connectivity index (χ4n) is 3.99. The summed E-state index contributed by atoms with van der Waals surface area (Å²) in [6.07, 6.45) is 6.14. The standard InChI is InChI=1S/C22H29NO3/c1-5-25-22(24)21-16(4)23(17-9-7-6-8-10-17)20-12-11-18(13-19(20)21)26-14-15(2)3/h11-13,17H,2,5-10,14H2,1,3-4H3. The van der Waals surface area contributed by atoms with Crippen molar-refractivity contribution in [3.8, 4) is 5.75 Å². The van der Waals surface area contributed by atoms with Crippen molar-refractivity contribution >= 4 is 16.9 Å². The normalized spacial score (nSPS) is 15.2. The molecule has 1 aliphatic carbocycles. The summed E-state index contributed by atoms with van der Waals surface area (Å²) in [5.41, 5.74) is 3.74. The summed E-state index contributed by atoms with van der Waals surface area (Å²) in [4.78, 5) is 12.7. The molecule has 0 atom stereocenters. The van der Waals surface area contributed by atoms with E-state index in [1.54, 1.807) is 0 Å². The highest BCUT2D eigenvalue weighted by molar-refractivity contribution is 6.06.